The smallest absolute Gasteiger partial charge is 0.336 e. The summed E-state index contributed by atoms with van der Waals surface area (Å²) in [4.78, 5) is 38.8. The molecule has 2 heterocycles. The third-order valence-electron chi connectivity index (χ3n) is 4.95. The number of allylic oxidation sites excluding steroid dienone is 1. The number of amides is 1. The lowest BCUT2D eigenvalue weighted by Crippen LogP contribution is -2.47. The summed E-state index contributed by atoms with van der Waals surface area (Å²) in [6.45, 7) is 5.70. The van der Waals surface area contributed by atoms with Crippen LogP contribution in [0.2, 0.25) is 0 Å². The Morgan fingerprint density at radius 3 is 2.46 bits per heavy atom. The van der Waals surface area contributed by atoms with Gasteiger partial charge in [-0.1, -0.05) is 36.4 Å². The number of carbonyl (C=O) groups is 3. The van der Waals surface area contributed by atoms with Gasteiger partial charge in [0.25, 0.3) is 11.7 Å². The highest BCUT2D eigenvalue weighted by atomic mass is 16.5. The molecule has 0 bridgehead atoms. The van der Waals surface area contributed by atoms with Crippen molar-refractivity contribution in [1.82, 2.24) is 0 Å². The quantitative estimate of drug-likeness (QED) is 0.353. The van der Waals surface area contributed by atoms with E-state index in [0.717, 1.165) is 16.7 Å². The molecule has 2 aliphatic heterocycles. The Bertz CT molecular complexity index is 1080. The highest BCUT2D eigenvalue weighted by molar-refractivity contribution is 6.53. The van der Waals surface area contributed by atoms with Gasteiger partial charge in [-0.3, -0.25) is 14.5 Å². The summed E-state index contributed by atoms with van der Waals surface area (Å²) >= 11 is 0. The zero-order chi connectivity index (χ0) is 20.1. The van der Waals surface area contributed by atoms with E-state index in [1.165, 1.54) is 17.0 Å². The monoisotopic (exact) mass is 373 g/mol. The third-order valence-corrected chi connectivity index (χ3v) is 4.95. The molecular formula is C23H19NO4. The molecule has 2 aromatic rings. The summed E-state index contributed by atoms with van der Waals surface area (Å²) < 4.78 is 5.41. The molecule has 140 valence electrons. The molecule has 0 saturated heterocycles. The Kier molecular flexibility index (Phi) is 4.03. The molecule has 2 aromatic carbocycles. The Labute approximate surface area is 162 Å². The maximum atomic E-state index is 12.5. The van der Waals surface area contributed by atoms with Crippen LogP contribution in [0.5, 0.6) is 5.75 Å². The first-order valence-corrected chi connectivity index (χ1v) is 8.99. The zero-order valence-electron chi connectivity index (χ0n) is 15.9. The van der Waals surface area contributed by atoms with E-state index in [-0.39, 0.29) is 11.3 Å². The number of rotatable bonds is 3. The largest absolute Gasteiger partial charge is 0.423 e. The average Bonchev–Trinajstić information content (AvgIpc) is 2.91. The summed E-state index contributed by atoms with van der Waals surface area (Å²) in [5.41, 5.74) is 2.81. The van der Waals surface area contributed by atoms with Crippen molar-refractivity contribution in [2.24, 2.45) is 0 Å². The van der Waals surface area contributed by atoms with Gasteiger partial charge in [-0.15, -0.1) is 0 Å². The minimum Gasteiger partial charge on any atom is -0.423 e. The third kappa shape index (κ3) is 2.85. The zero-order valence-corrected chi connectivity index (χ0v) is 15.9. The molecular weight excluding hydrogens is 354 g/mol. The number of anilines is 1. The molecule has 0 aromatic heterocycles. The Morgan fingerprint density at radius 2 is 1.75 bits per heavy atom. The van der Waals surface area contributed by atoms with Crippen molar-refractivity contribution in [3.8, 4) is 5.75 Å². The average molecular weight is 373 g/mol. The van der Waals surface area contributed by atoms with Crippen LogP contribution in [-0.4, -0.2) is 23.2 Å². The fourth-order valence-electron chi connectivity index (χ4n) is 3.80. The molecule has 0 radical (unpaired) electrons. The van der Waals surface area contributed by atoms with Crippen molar-refractivity contribution in [3.63, 3.8) is 0 Å². The van der Waals surface area contributed by atoms with Crippen LogP contribution in [0.1, 0.15) is 42.3 Å². The Balaban J connectivity index is 1.68. The predicted octanol–water partition coefficient (Wildman–Crippen LogP) is 4.03. The standard InChI is InChI=1S/C23H19NO4/c1-14-13-23(2,3)24-20-17(14)11-16(12-18(20)21(26)22(24)27)28-19(25)10-9-15-7-5-4-6-8-15/h4-13H,1-3H3. The van der Waals surface area contributed by atoms with Crippen molar-refractivity contribution in [2.75, 3.05) is 4.90 Å². The van der Waals surface area contributed by atoms with Gasteiger partial charge in [0.05, 0.1) is 16.8 Å². The number of benzene rings is 2. The summed E-state index contributed by atoms with van der Waals surface area (Å²) in [5, 5.41) is 0. The van der Waals surface area contributed by atoms with E-state index in [1.54, 1.807) is 12.1 Å². The highest BCUT2D eigenvalue weighted by Gasteiger charge is 2.46. The molecule has 2 aliphatic rings. The van der Waals surface area contributed by atoms with Crippen LogP contribution < -0.4 is 9.64 Å². The number of Topliss-reactive ketones (excluding diaryl/α,β-unsaturated/α-hetero) is 1. The van der Waals surface area contributed by atoms with E-state index < -0.39 is 23.2 Å². The van der Waals surface area contributed by atoms with Crippen LogP contribution in [0.25, 0.3) is 11.6 Å². The van der Waals surface area contributed by atoms with Crippen LogP contribution in [0.3, 0.4) is 0 Å². The number of ketones is 1. The molecule has 28 heavy (non-hydrogen) atoms. The molecule has 0 unspecified atom stereocenters. The molecule has 0 N–H and O–H groups in total. The molecule has 5 heteroatoms. The van der Waals surface area contributed by atoms with Gasteiger partial charge >= 0.3 is 5.97 Å². The summed E-state index contributed by atoms with van der Waals surface area (Å²) in [7, 11) is 0. The number of hydrogen-bond donors (Lipinski definition) is 0. The molecule has 0 atom stereocenters. The molecule has 1 amide bonds. The number of esters is 1. The van der Waals surface area contributed by atoms with Gasteiger partial charge in [-0.25, -0.2) is 4.79 Å². The fourth-order valence-corrected chi connectivity index (χ4v) is 3.80. The topological polar surface area (TPSA) is 63.7 Å². The lowest BCUT2D eigenvalue weighted by molar-refractivity contribution is -0.128. The first-order valence-electron chi connectivity index (χ1n) is 8.99. The van der Waals surface area contributed by atoms with E-state index >= 15 is 0 Å². The van der Waals surface area contributed by atoms with Crippen LogP contribution in [-0.2, 0) is 9.59 Å². The van der Waals surface area contributed by atoms with Crippen LogP contribution in [0, 0.1) is 0 Å². The second-order valence-corrected chi connectivity index (χ2v) is 7.48. The van der Waals surface area contributed by atoms with Crippen molar-refractivity contribution >= 4 is 35.0 Å². The SMILES string of the molecule is CC1=CC(C)(C)N2C(=O)C(=O)c3cc(OC(=O)C=Cc4ccccc4)cc1c32. The molecule has 0 spiro atoms. The second-order valence-electron chi connectivity index (χ2n) is 7.48. The van der Waals surface area contributed by atoms with Gasteiger partial charge in [-0.05, 0) is 50.1 Å². The molecule has 0 saturated carbocycles. The maximum Gasteiger partial charge on any atom is 0.336 e. The molecule has 4 rings (SSSR count). The van der Waals surface area contributed by atoms with E-state index in [9.17, 15) is 14.4 Å². The highest BCUT2D eigenvalue weighted by Crippen LogP contribution is 2.46. The number of nitrogens with zero attached hydrogens (tertiary/aromatic N) is 1. The van der Waals surface area contributed by atoms with Crippen molar-refractivity contribution in [1.29, 1.82) is 0 Å². The molecule has 5 nitrogen and oxygen atoms in total. The van der Waals surface area contributed by atoms with Gasteiger partial charge in [0.15, 0.2) is 0 Å². The van der Waals surface area contributed by atoms with Gasteiger partial charge < -0.3 is 4.74 Å². The van der Waals surface area contributed by atoms with Crippen molar-refractivity contribution in [2.45, 2.75) is 26.3 Å². The summed E-state index contributed by atoms with van der Waals surface area (Å²) in [6.07, 6.45) is 4.93. The Morgan fingerprint density at radius 1 is 1.07 bits per heavy atom. The maximum absolute atomic E-state index is 12.5. The first-order chi connectivity index (χ1) is 13.3. The minimum atomic E-state index is -0.592. The van der Waals surface area contributed by atoms with Crippen LogP contribution >= 0.6 is 0 Å². The summed E-state index contributed by atoms with van der Waals surface area (Å²) in [5.74, 6) is -1.45. The van der Waals surface area contributed by atoms with Gasteiger partial charge in [0.1, 0.15) is 5.75 Å². The molecule has 0 aliphatic carbocycles. The summed E-state index contributed by atoms with van der Waals surface area (Å²) in [6, 6.07) is 12.6. The first kappa shape index (κ1) is 17.9. The number of hydrogen-bond acceptors (Lipinski definition) is 4. The van der Waals surface area contributed by atoms with Crippen LogP contribution in [0.4, 0.5) is 5.69 Å². The van der Waals surface area contributed by atoms with Crippen LogP contribution in [0.15, 0.2) is 54.6 Å². The fraction of sp³-hybridized carbons (Fsp3) is 0.174. The van der Waals surface area contributed by atoms with Crippen molar-refractivity contribution in [3.05, 3.63) is 71.3 Å². The van der Waals surface area contributed by atoms with E-state index in [1.807, 2.05) is 57.2 Å². The lowest BCUT2D eigenvalue weighted by atomic mass is 9.89. The van der Waals surface area contributed by atoms with Gasteiger partial charge in [0, 0.05) is 11.6 Å². The predicted molar refractivity (Wildman–Crippen MR) is 107 cm³/mol. The van der Waals surface area contributed by atoms with Crippen molar-refractivity contribution < 1.29 is 19.1 Å². The van der Waals surface area contributed by atoms with E-state index in [4.69, 9.17) is 4.74 Å². The minimum absolute atomic E-state index is 0.243. The molecule has 0 fully saturated rings. The van der Waals surface area contributed by atoms with E-state index in [0.29, 0.717) is 5.69 Å². The second kappa shape index (κ2) is 6.30. The number of ether oxygens (including phenoxy) is 1. The number of carbonyl (C=O) groups excluding carboxylic acids is 3. The lowest BCUT2D eigenvalue weighted by Gasteiger charge is -2.38. The van der Waals surface area contributed by atoms with Gasteiger partial charge in [-0.2, -0.15) is 0 Å². The Hall–Kier alpha value is -3.47. The van der Waals surface area contributed by atoms with E-state index in [2.05, 4.69) is 0 Å². The van der Waals surface area contributed by atoms with Gasteiger partial charge in [0.2, 0.25) is 0 Å². The normalized spacial score (nSPS) is 17.0.